The highest BCUT2D eigenvalue weighted by Crippen LogP contribution is 2.21. The molecule has 0 unspecified atom stereocenters. The van der Waals surface area contributed by atoms with Crippen molar-refractivity contribution in [2.75, 3.05) is 6.61 Å². The Kier molecular flexibility index (Phi) is 5.98. The molecule has 0 saturated heterocycles. The summed E-state index contributed by atoms with van der Waals surface area (Å²) in [5.41, 5.74) is 1.59. The summed E-state index contributed by atoms with van der Waals surface area (Å²) in [6, 6.07) is 5.44. The maximum absolute atomic E-state index is 11.5. The molecular formula is C14H17ClN2O2S. The van der Waals surface area contributed by atoms with Gasteiger partial charge in [-0.15, -0.1) is 23.7 Å². The molecule has 0 spiro atoms. The SMILES string of the molecule is CCOc1ccc(C(C)=O)cc1Cn1ccsc1=N.Cl. The van der Waals surface area contributed by atoms with E-state index in [0.29, 0.717) is 23.5 Å². The van der Waals surface area contributed by atoms with Gasteiger partial charge >= 0.3 is 0 Å². The van der Waals surface area contributed by atoms with Gasteiger partial charge in [0.05, 0.1) is 13.2 Å². The van der Waals surface area contributed by atoms with Gasteiger partial charge in [-0.1, -0.05) is 0 Å². The van der Waals surface area contributed by atoms with Gasteiger partial charge in [-0.2, -0.15) is 0 Å². The predicted octanol–water partition coefficient (Wildman–Crippen LogP) is 3.10. The second-order valence-electron chi connectivity index (χ2n) is 4.15. The number of nitrogens with zero attached hydrogens (tertiary/aromatic N) is 1. The van der Waals surface area contributed by atoms with Crippen LogP contribution in [-0.2, 0) is 6.54 Å². The molecule has 0 saturated carbocycles. The van der Waals surface area contributed by atoms with Gasteiger partial charge in [0, 0.05) is 22.7 Å². The van der Waals surface area contributed by atoms with Gasteiger partial charge in [-0.05, 0) is 32.0 Å². The van der Waals surface area contributed by atoms with Gasteiger partial charge in [-0.25, -0.2) is 0 Å². The molecule has 1 aromatic heterocycles. The van der Waals surface area contributed by atoms with E-state index in [0.717, 1.165) is 11.3 Å². The average molecular weight is 313 g/mol. The molecule has 4 nitrogen and oxygen atoms in total. The zero-order valence-corrected chi connectivity index (χ0v) is 13.0. The first kappa shape index (κ1) is 16.5. The maximum atomic E-state index is 11.5. The first-order valence-electron chi connectivity index (χ1n) is 6.07. The Balaban J connectivity index is 0.00000200. The molecule has 0 aliphatic heterocycles. The lowest BCUT2D eigenvalue weighted by Crippen LogP contribution is -2.14. The van der Waals surface area contributed by atoms with Crippen LogP contribution in [0.15, 0.2) is 29.8 Å². The molecule has 2 rings (SSSR count). The summed E-state index contributed by atoms with van der Waals surface area (Å²) in [6.07, 6.45) is 1.86. The van der Waals surface area contributed by atoms with Crippen molar-refractivity contribution in [1.29, 1.82) is 5.41 Å². The van der Waals surface area contributed by atoms with Crippen LogP contribution in [0.4, 0.5) is 0 Å². The topological polar surface area (TPSA) is 55.1 Å². The molecule has 1 N–H and O–H groups in total. The number of Topliss-reactive ketones (excluding diaryl/α,β-unsaturated/α-hetero) is 1. The summed E-state index contributed by atoms with van der Waals surface area (Å²) in [6.45, 7) is 4.59. The molecule has 0 fully saturated rings. The van der Waals surface area contributed by atoms with Gasteiger partial charge in [-0.3, -0.25) is 10.2 Å². The second-order valence-corrected chi connectivity index (χ2v) is 5.04. The van der Waals surface area contributed by atoms with Crippen molar-refractivity contribution in [2.24, 2.45) is 0 Å². The number of hydrogen-bond donors (Lipinski definition) is 1. The number of rotatable bonds is 5. The largest absolute Gasteiger partial charge is 0.494 e. The van der Waals surface area contributed by atoms with Gasteiger partial charge in [0.1, 0.15) is 5.75 Å². The van der Waals surface area contributed by atoms with E-state index in [1.165, 1.54) is 11.3 Å². The lowest BCUT2D eigenvalue weighted by molar-refractivity contribution is 0.101. The Morgan fingerprint density at radius 1 is 1.45 bits per heavy atom. The monoisotopic (exact) mass is 312 g/mol. The van der Waals surface area contributed by atoms with E-state index in [4.69, 9.17) is 10.1 Å². The average Bonchev–Trinajstić information content (AvgIpc) is 2.77. The third-order valence-corrected chi connectivity index (χ3v) is 3.50. The van der Waals surface area contributed by atoms with E-state index in [1.807, 2.05) is 35.2 Å². The summed E-state index contributed by atoms with van der Waals surface area (Å²) in [5, 5.41) is 9.66. The lowest BCUT2D eigenvalue weighted by Gasteiger charge is -2.12. The summed E-state index contributed by atoms with van der Waals surface area (Å²) in [4.78, 5) is 11.9. The number of hydrogen-bond acceptors (Lipinski definition) is 4. The summed E-state index contributed by atoms with van der Waals surface area (Å²) >= 11 is 1.38. The number of halogens is 1. The fourth-order valence-electron chi connectivity index (χ4n) is 1.83. The van der Waals surface area contributed by atoms with Crippen LogP contribution in [0.3, 0.4) is 0 Å². The predicted molar refractivity (Wildman–Crippen MR) is 82.1 cm³/mol. The van der Waals surface area contributed by atoms with Crippen molar-refractivity contribution in [3.05, 3.63) is 45.7 Å². The first-order chi connectivity index (χ1) is 9.11. The molecular weight excluding hydrogens is 296 g/mol. The highest BCUT2D eigenvalue weighted by Gasteiger charge is 2.09. The molecule has 0 atom stereocenters. The number of ether oxygens (including phenoxy) is 1. The number of carbonyl (C=O) groups is 1. The Labute approximate surface area is 127 Å². The number of ketones is 1. The van der Waals surface area contributed by atoms with Crippen LogP contribution in [0.1, 0.15) is 29.8 Å². The van der Waals surface area contributed by atoms with Gasteiger partial charge < -0.3 is 9.30 Å². The third-order valence-electron chi connectivity index (χ3n) is 2.79. The van der Waals surface area contributed by atoms with Crippen molar-refractivity contribution in [1.82, 2.24) is 4.57 Å². The molecule has 6 heteroatoms. The Bertz CT molecular complexity index is 649. The zero-order valence-electron chi connectivity index (χ0n) is 11.4. The van der Waals surface area contributed by atoms with E-state index < -0.39 is 0 Å². The molecule has 1 aromatic carbocycles. The smallest absolute Gasteiger partial charge is 0.182 e. The van der Waals surface area contributed by atoms with E-state index in [-0.39, 0.29) is 18.2 Å². The molecule has 0 bridgehead atoms. The van der Waals surface area contributed by atoms with E-state index in [2.05, 4.69) is 0 Å². The molecule has 0 radical (unpaired) electrons. The molecule has 1 heterocycles. The van der Waals surface area contributed by atoms with Crippen molar-refractivity contribution in [2.45, 2.75) is 20.4 Å². The second kappa shape index (κ2) is 7.26. The third kappa shape index (κ3) is 3.71. The van der Waals surface area contributed by atoms with Gasteiger partial charge in [0.15, 0.2) is 10.6 Å². The number of thiazole rings is 1. The summed E-state index contributed by atoms with van der Waals surface area (Å²) < 4.78 is 7.40. The summed E-state index contributed by atoms with van der Waals surface area (Å²) in [5.74, 6) is 0.802. The molecule has 20 heavy (non-hydrogen) atoms. The van der Waals surface area contributed by atoms with Crippen LogP contribution >= 0.6 is 23.7 Å². The van der Waals surface area contributed by atoms with Crippen molar-refractivity contribution < 1.29 is 9.53 Å². The highest BCUT2D eigenvalue weighted by molar-refractivity contribution is 7.06. The van der Waals surface area contributed by atoms with Crippen LogP contribution in [0.5, 0.6) is 5.75 Å². The Morgan fingerprint density at radius 2 is 2.20 bits per heavy atom. The van der Waals surface area contributed by atoms with Crippen LogP contribution in [0.25, 0.3) is 0 Å². The Morgan fingerprint density at radius 3 is 2.75 bits per heavy atom. The van der Waals surface area contributed by atoms with Gasteiger partial charge in [0.2, 0.25) is 0 Å². The molecule has 0 aliphatic carbocycles. The molecule has 2 aromatic rings. The first-order valence-corrected chi connectivity index (χ1v) is 6.95. The zero-order chi connectivity index (χ0) is 13.8. The van der Waals surface area contributed by atoms with E-state index in [1.54, 1.807) is 13.0 Å². The summed E-state index contributed by atoms with van der Waals surface area (Å²) in [7, 11) is 0. The fraction of sp³-hybridized carbons (Fsp3) is 0.286. The quantitative estimate of drug-likeness (QED) is 0.863. The number of nitrogens with one attached hydrogen (secondary N) is 1. The maximum Gasteiger partial charge on any atom is 0.182 e. The highest BCUT2D eigenvalue weighted by atomic mass is 35.5. The fourth-order valence-corrected chi connectivity index (χ4v) is 2.43. The minimum atomic E-state index is 0. The normalized spacial score (nSPS) is 9.90. The van der Waals surface area contributed by atoms with Crippen molar-refractivity contribution in [3.63, 3.8) is 0 Å². The van der Waals surface area contributed by atoms with Crippen molar-refractivity contribution >= 4 is 29.5 Å². The molecule has 0 aliphatic rings. The van der Waals surface area contributed by atoms with E-state index >= 15 is 0 Å². The number of aromatic nitrogens is 1. The number of carbonyl (C=O) groups excluding carboxylic acids is 1. The molecule has 0 amide bonds. The van der Waals surface area contributed by atoms with Crippen molar-refractivity contribution in [3.8, 4) is 5.75 Å². The standard InChI is InChI=1S/C14H16N2O2S.ClH/c1-3-18-13-5-4-11(10(2)17)8-12(13)9-16-6-7-19-14(16)15;/h4-8,15H,3,9H2,1-2H3;1H. The van der Waals surface area contributed by atoms with Crippen LogP contribution in [-0.4, -0.2) is 17.0 Å². The minimum Gasteiger partial charge on any atom is -0.494 e. The Hall–Kier alpha value is -1.59. The minimum absolute atomic E-state index is 0. The lowest BCUT2D eigenvalue weighted by atomic mass is 10.1. The van der Waals surface area contributed by atoms with Crippen LogP contribution < -0.4 is 9.54 Å². The van der Waals surface area contributed by atoms with Crippen LogP contribution in [0, 0.1) is 5.41 Å². The van der Waals surface area contributed by atoms with E-state index in [9.17, 15) is 4.79 Å². The molecule has 108 valence electrons. The number of benzene rings is 1. The van der Waals surface area contributed by atoms with Gasteiger partial charge in [0.25, 0.3) is 0 Å². The van der Waals surface area contributed by atoms with Crippen LogP contribution in [0.2, 0.25) is 0 Å².